The molecule has 7 heteroatoms. The number of hydrogen-bond donors (Lipinski definition) is 0. The lowest BCUT2D eigenvalue weighted by molar-refractivity contribution is 0.0182. The van der Waals surface area contributed by atoms with Gasteiger partial charge in [0.15, 0.2) is 0 Å². The fourth-order valence-corrected chi connectivity index (χ4v) is 3.82. The van der Waals surface area contributed by atoms with Gasteiger partial charge in [-0.05, 0) is 24.3 Å². The Hall–Kier alpha value is -1.44. The molecule has 0 radical (unpaired) electrons. The first-order valence-corrected chi connectivity index (χ1v) is 9.09. The van der Waals surface area contributed by atoms with Crippen molar-refractivity contribution in [2.75, 3.05) is 44.8 Å². The van der Waals surface area contributed by atoms with Crippen molar-refractivity contribution in [3.05, 3.63) is 28.3 Å². The Morgan fingerprint density at radius 2 is 2.17 bits per heavy atom. The topological polar surface area (TPSA) is 54.6 Å². The summed E-state index contributed by atoms with van der Waals surface area (Å²) in [7, 11) is 2.03. The van der Waals surface area contributed by atoms with E-state index in [0.717, 1.165) is 38.7 Å². The normalized spacial score (nSPS) is 20.6. The van der Waals surface area contributed by atoms with Crippen molar-refractivity contribution in [2.24, 2.45) is 0 Å². The van der Waals surface area contributed by atoms with Crippen LogP contribution in [0.2, 0.25) is 0 Å². The summed E-state index contributed by atoms with van der Waals surface area (Å²) in [5.74, 6) is 1.29. The summed E-state index contributed by atoms with van der Waals surface area (Å²) in [6, 6.07) is 5.29. The highest BCUT2D eigenvalue weighted by Gasteiger charge is 2.31. The number of aromatic nitrogens is 2. The maximum Gasteiger partial charge on any atom is 0.317 e. The van der Waals surface area contributed by atoms with Crippen LogP contribution in [0.3, 0.4) is 0 Å². The molecule has 3 heterocycles. The molecule has 0 aromatic carbocycles. The number of nitrogens with zero attached hydrogens (tertiary/aromatic N) is 4. The summed E-state index contributed by atoms with van der Waals surface area (Å²) in [6.45, 7) is 4.38. The molecule has 23 heavy (non-hydrogen) atoms. The van der Waals surface area contributed by atoms with Gasteiger partial charge in [0.25, 0.3) is 0 Å². The van der Waals surface area contributed by atoms with E-state index in [0.29, 0.717) is 18.0 Å². The summed E-state index contributed by atoms with van der Waals surface area (Å²) in [4.78, 5) is 5.95. The average molecular weight is 334 g/mol. The molecule has 2 aromatic rings. The van der Waals surface area contributed by atoms with Gasteiger partial charge in [-0.15, -0.1) is 16.4 Å². The van der Waals surface area contributed by atoms with Crippen molar-refractivity contribution in [3.8, 4) is 0 Å². The van der Waals surface area contributed by atoms with Crippen LogP contribution in [-0.2, 0) is 4.74 Å². The van der Waals surface area contributed by atoms with Crippen molar-refractivity contribution < 1.29 is 9.15 Å². The maximum atomic E-state index is 5.84. The third kappa shape index (κ3) is 3.41. The van der Waals surface area contributed by atoms with E-state index in [4.69, 9.17) is 9.15 Å². The van der Waals surface area contributed by atoms with E-state index in [2.05, 4.69) is 37.5 Å². The number of morpholine rings is 1. The second kappa shape index (κ2) is 6.59. The van der Waals surface area contributed by atoms with Crippen LogP contribution in [0.15, 0.2) is 21.9 Å². The Kier molecular flexibility index (Phi) is 4.33. The summed E-state index contributed by atoms with van der Waals surface area (Å²) in [6.07, 6.45) is 2.36. The van der Waals surface area contributed by atoms with Crippen molar-refractivity contribution >= 4 is 17.4 Å². The van der Waals surface area contributed by atoms with Gasteiger partial charge in [-0.2, -0.15) is 0 Å². The molecular weight excluding hydrogens is 312 g/mol. The van der Waals surface area contributed by atoms with Crippen LogP contribution >= 0.6 is 11.3 Å². The molecule has 0 amide bonds. The number of thiophene rings is 1. The van der Waals surface area contributed by atoms with Gasteiger partial charge in [0.1, 0.15) is 0 Å². The summed E-state index contributed by atoms with van der Waals surface area (Å²) in [5.41, 5.74) is 0. The molecule has 0 spiro atoms. The van der Waals surface area contributed by atoms with Gasteiger partial charge in [0.2, 0.25) is 5.89 Å². The van der Waals surface area contributed by atoms with E-state index in [1.165, 1.54) is 17.7 Å². The number of hydrogen-bond acceptors (Lipinski definition) is 7. The minimum absolute atomic E-state index is 0.333. The van der Waals surface area contributed by atoms with E-state index in [1.54, 1.807) is 11.3 Å². The first-order valence-electron chi connectivity index (χ1n) is 8.21. The Bertz CT molecular complexity index is 620. The largest absolute Gasteiger partial charge is 0.408 e. The molecule has 1 unspecified atom stereocenters. The molecule has 1 saturated heterocycles. The zero-order chi connectivity index (χ0) is 15.6. The smallest absolute Gasteiger partial charge is 0.317 e. The highest BCUT2D eigenvalue weighted by atomic mass is 32.1. The van der Waals surface area contributed by atoms with E-state index in [-0.39, 0.29) is 0 Å². The molecular formula is C16H22N4O2S. The van der Waals surface area contributed by atoms with Crippen LogP contribution < -0.4 is 4.90 Å². The summed E-state index contributed by atoms with van der Waals surface area (Å²) < 4.78 is 11.3. The highest BCUT2D eigenvalue weighted by molar-refractivity contribution is 7.10. The fraction of sp³-hybridized carbons (Fsp3) is 0.625. The first kappa shape index (κ1) is 15.1. The molecule has 1 aliphatic carbocycles. The van der Waals surface area contributed by atoms with Gasteiger partial charge < -0.3 is 14.1 Å². The fourth-order valence-electron chi connectivity index (χ4n) is 2.97. The monoisotopic (exact) mass is 334 g/mol. The second-order valence-corrected chi connectivity index (χ2v) is 7.24. The van der Waals surface area contributed by atoms with Gasteiger partial charge in [0.05, 0.1) is 19.3 Å². The van der Waals surface area contributed by atoms with Gasteiger partial charge >= 0.3 is 6.01 Å². The molecule has 2 aromatic heterocycles. The SMILES string of the molecule is CN(CC(c1cccs1)N1CCOCC1)c1nnc(C2CC2)o1. The number of ether oxygens (including phenoxy) is 1. The minimum Gasteiger partial charge on any atom is -0.408 e. The van der Waals surface area contributed by atoms with Crippen molar-refractivity contribution in [1.29, 1.82) is 0 Å². The molecule has 1 saturated carbocycles. The van der Waals surface area contributed by atoms with Crippen LogP contribution in [0.25, 0.3) is 0 Å². The van der Waals surface area contributed by atoms with Crippen molar-refractivity contribution in [3.63, 3.8) is 0 Å². The predicted molar refractivity (Wildman–Crippen MR) is 89.0 cm³/mol. The average Bonchev–Trinajstić information content (AvgIpc) is 3.10. The highest BCUT2D eigenvalue weighted by Crippen LogP contribution is 2.40. The summed E-state index contributed by atoms with van der Waals surface area (Å²) >= 11 is 1.81. The molecule has 6 nitrogen and oxygen atoms in total. The second-order valence-electron chi connectivity index (χ2n) is 6.26. The zero-order valence-electron chi connectivity index (χ0n) is 13.4. The summed E-state index contributed by atoms with van der Waals surface area (Å²) in [5, 5.41) is 10.6. The number of rotatable bonds is 6. The van der Waals surface area contributed by atoms with Crippen molar-refractivity contribution in [2.45, 2.75) is 24.8 Å². The van der Waals surface area contributed by atoms with E-state index < -0.39 is 0 Å². The molecule has 2 fully saturated rings. The van der Waals surface area contributed by atoms with Crippen LogP contribution in [0.1, 0.15) is 35.6 Å². The van der Waals surface area contributed by atoms with Gasteiger partial charge in [-0.25, -0.2) is 0 Å². The minimum atomic E-state index is 0.333. The number of likely N-dealkylation sites (N-methyl/N-ethyl adjacent to an activating group) is 1. The van der Waals surface area contributed by atoms with E-state index in [1.807, 2.05) is 7.05 Å². The lowest BCUT2D eigenvalue weighted by Crippen LogP contribution is -2.43. The van der Waals surface area contributed by atoms with Gasteiger partial charge in [0, 0.05) is 37.5 Å². The predicted octanol–water partition coefficient (Wildman–Crippen LogP) is 2.52. The first-order chi connectivity index (χ1) is 11.3. The molecule has 4 rings (SSSR count). The number of anilines is 1. The Morgan fingerprint density at radius 1 is 1.35 bits per heavy atom. The van der Waals surface area contributed by atoms with E-state index >= 15 is 0 Å². The molecule has 0 bridgehead atoms. The standard InChI is InChI=1S/C16H22N4O2S/c1-19(16-18-17-15(22-16)12-4-5-12)11-13(14-3-2-10-23-14)20-6-8-21-9-7-20/h2-3,10,12-13H,4-9,11H2,1H3. The molecule has 124 valence electrons. The molecule has 1 aliphatic heterocycles. The molecule has 1 atom stereocenters. The molecule has 0 N–H and O–H groups in total. The molecule has 2 aliphatic rings. The van der Waals surface area contributed by atoms with Gasteiger partial charge in [-0.3, -0.25) is 4.90 Å². The maximum absolute atomic E-state index is 5.84. The lowest BCUT2D eigenvalue weighted by atomic mass is 10.2. The van der Waals surface area contributed by atoms with Crippen LogP contribution in [0, 0.1) is 0 Å². The third-order valence-corrected chi connectivity index (χ3v) is 5.46. The Morgan fingerprint density at radius 3 is 2.87 bits per heavy atom. The Labute approximate surface area is 140 Å². The lowest BCUT2D eigenvalue weighted by Gasteiger charge is -2.35. The zero-order valence-corrected chi connectivity index (χ0v) is 14.2. The van der Waals surface area contributed by atoms with Crippen LogP contribution in [0.4, 0.5) is 6.01 Å². The quantitative estimate of drug-likeness (QED) is 0.809. The Balaban J connectivity index is 1.49. The van der Waals surface area contributed by atoms with Gasteiger partial charge in [-0.1, -0.05) is 11.2 Å². The van der Waals surface area contributed by atoms with E-state index in [9.17, 15) is 0 Å². The van der Waals surface area contributed by atoms with Crippen molar-refractivity contribution in [1.82, 2.24) is 15.1 Å². The van der Waals surface area contributed by atoms with Crippen LogP contribution in [0.5, 0.6) is 0 Å². The third-order valence-electron chi connectivity index (χ3n) is 4.49. The van der Waals surface area contributed by atoms with Crippen LogP contribution in [-0.4, -0.2) is 55.0 Å².